The number of nitrogens with one attached hydrogen (secondary N) is 2. The Kier molecular flexibility index (Phi) is 6.09. The van der Waals surface area contributed by atoms with Gasteiger partial charge in [0.25, 0.3) is 0 Å². The van der Waals surface area contributed by atoms with Crippen molar-refractivity contribution in [1.82, 2.24) is 10.6 Å². The van der Waals surface area contributed by atoms with Gasteiger partial charge in [-0.05, 0) is 25.8 Å². The molecule has 1 aliphatic heterocycles. The van der Waals surface area contributed by atoms with Crippen LogP contribution in [0.4, 0.5) is 0 Å². The number of amides is 1. The SMILES string of the molecule is CCC(CC)NC(=O)COC1CCNCC1(C)C. The third-order valence-electron chi connectivity index (χ3n) is 3.80. The van der Waals surface area contributed by atoms with Gasteiger partial charge in [0.05, 0.1) is 6.10 Å². The summed E-state index contributed by atoms with van der Waals surface area (Å²) in [6.45, 7) is 10.7. The minimum Gasteiger partial charge on any atom is -0.368 e. The summed E-state index contributed by atoms with van der Waals surface area (Å²) in [5.41, 5.74) is 0.105. The lowest BCUT2D eigenvalue weighted by atomic mass is 9.82. The van der Waals surface area contributed by atoms with E-state index in [4.69, 9.17) is 4.74 Å². The summed E-state index contributed by atoms with van der Waals surface area (Å²) in [5, 5.41) is 6.37. The third-order valence-corrected chi connectivity index (χ3v) is 3.80. The Balaban J connectivity index is 2.33. The smallest absolute Gasteiger partial charge is 0.246 e. The van der Waals surface area contributed by atoms with E-state index in [-0.39, 0.29) is 30.1 Å². The van der Waals surface area contributed by atoms with Crippen LogP contribution in [-0.4, -0.2) is 37.7 Å². The van der Waals surface area contributed by atoms with E-state index < -0.39 is 0 Å². The van der Waals surface area contributed by atoms with Gasteiger partial charge in [-0.15, -0.1) is 0 Å². The highest BCUT2D eigenvalue weighted by Gasteiger charge is 2.33. The van der Waals surface area contributed by atoms with Crippen LogP contribution in [0.2, 0.25) is 0 Å². The van der Waals surface area contributed by atoms with Gasteiger partial charge in [-0.2, -0.15) is 0 Å². The largest absolute Gasteiger partial charge is 0.368 e. The lowest BCUT2D eigenvalue weighted by molar-refractivity contribution is -0.132. The Morgan fingerprint density at radius 3 is 2.67 bits per heavy atom. The van der Waals surface area contributed by atoms with E-state index in [1.165, 1.54) is 0 Å². The number of carbonyl (C=O) groups is 1. The molecule has 1 heterocycles. The molecule has 1 fully saturated rings. The molecule has 4 nitrogen and oxygen atoms in total. The second-order valence-corrected chi connectivity index (χ2v) is 5.83. The van der Waals surface area contributed by atoms with Gasteiger partial charge in [0.2, 0.25) is 5.91 Å². The van der Waals surface area contributed by atoms with Crippen molar-refractivity contribution in [2.24, 2.45) is 5.41 Å². The molecular weight excluding hydrogens is 228 g/mol. The van der Waals surface area contributed by atoms with Crippen LogP contribution < -0.4 is 10.6 Å². The zero-order chi connectivity index (χ0) is 13.6. The number of ether oxygens (including phenoxy) is 1. The highest BCUT2D eigenvalue weighted by molar-refractivity contribution is 5.77. The van der Waals surface area contributed by atoms with E-state index in [1.54, 1.807) is 0 Å². The maximum absolute atomic E-state index is 11.8. The van der Waals surface area contributed by atoms with Crippen molar-refractivity contribution in [1.29, 1.82) is 0 Å². The Morgan fingerprint density at radius 1 is 1.44 bits per heavy atom. The molecule has 1 rings (SSSR count). The summed E-state index contributed by atoms with van der Waals surface area (Å²) < 4.78 is 5.80. The van der Waals surface area contributed by atoms with Crippen LogP contribution >= 0.6 is 0 Å². The topological polar surface area (TPSA) is 50.4 Å². The van der Waals surface area contributed by atoms with Crippen molar-refractivity contribution in [3.8, 4) is 0 Å². The molecule has 0 aromatic carbocycles. The maximum Gasteiger partial charge on any atom is 0.246 e. The molecule has 0 spiro atoms. The molecule has 18 heavy (non-hydrogen) atoms. The normalized spacial score (nSPS) is 23.1. The molecule has 0 bridgehead atoms. The second kappa shape index (κ2) is 7.10. The molecule has 0 radical (unpaired) electrons. The minimum atomic E-state index is 0.0121. The standard InChI is InChI=1S/C14H28N2O2/c1-5-11(6-2)16-13(17)9-18-12-7-8-15-10-14(12,3)4/h11-12,15H,5-10H2,1-4H3,(H,16,17). The first-order valence-corrected chi connectivity index (χ1v) is 7.11. The predicted octanol–water partition coefficient (Wildman–Crippen LogP) is 1.70. The third kappa shape index (κ3) is 4.58. The van der Waals surface area contributed by atoms with Crippen LogP contribution in [0.15, 0.2) is 0 Å². The van der Waals surface area contributed by atoms with Gasteiger partial charge >= 0.3 is 0 Å². The van der Waals surface area contributed by atoms with Gasteiger partial charge in [-0.25, -0.2) is 0 Å². The van der Waals surface area contributed by atoms with Crippen LogP contribution in [0, 0.1) is 5.41 Å². The molecule has 1 amide bonds. The number of hydrogen-bond donors (Lipinski definition) is 2. The van der Waals surface area contributed by atoms with Crippen molar-refractivity contribution in [2.75, 3.05) is 19.7 Å². The van der Waals surface area contributed by atoms with Crippen LogP contribution in [-0.2, 0) is 9.53 Å². The highest BCUT2D eigenvalue weighted by Crippen LogP contribution is 2.27. The number of rotatable bonds is 6. The van der Waals surface area contributed by atoms with Crippen molar-refractivity contribution in [3.05, 3.63) is 0 Å². The van der Waals surface area contributed by atoms with Gasteiger partial charge in [0.15, 0.2) is 0 Å². The van der Waals surface area contributed by atoms with E-state index >= 15 is 0 Å². The van der Waals surface area contributed by atoms with Crippen LogP contribution in [0.1, 0.15) is 47.0 Å². The number of carbonyl (C=O) groups excluding carboxylic acids is 1. The van der Waals surface area contributed by atoms with Gasteiger partial charge in [0.1, 0.15) is 6.61 Å². The Labute approximate surface area is 111 Å². The average molecular weight is 256 g/mol. The molecule has 4 heteroatoms. The summed E-state index contributed by atoms with van der Waals surface area (Å²) in [4.78, 5) is 11.8. The summed E-state index contributed by atoms with van der Waals surface area (Å²) in [6, 6.07) is 0.280. The zero-order valence-corrected chi connectivity index (χ0v) is 12.2. The minimum absolute atomic E-state index is 0.0121. The van der Waals surface area contributed by atoms with Crippen molar-refractivity contribution in [3.63, 3.8) is 0 Å². The quantitative estimate of drug-likeness (QED) is 0.760. The monoisotopic (exact) mass is 256 g/mol. The number of piperidine rings is 1. The van der Waals surface area contributed by atoms with Crippen LogP contribution in [0.5, 0.6) is 0 Å². The Morgan fingerprint density at radius 2 is 2.11 bits per heavy atom. The molecule has 0 aromatic heterocycles. The molecule has 0 saturated carbocycles. The van der Waals surface area contributed by atoms with Gasteiger partial charge < -0.3 is 15.4 Å². The predicted molar refractivity (Wildman–Crippen MR) is 73.5 cm³/mol. The summed E-state index contributed by atoms with van der Waals surface area (Å²) in [6.07, 6.45) is 3.10. The van der Waals surface area contributed by atoms with Crippen molar-refractivity contribution in [2.45, 2.75) is 59.1 Å². The van der Waals surface area contributed by atoms with Crippen LogP contribution in [0.25, 0.3) is 0 Å². The average Bonchev–Trinajstić information content (AvgIpc) is 2.34. The maximum atomic E-state index is 11.8. The molecule has 1 saturated heterocycles. The molecular formula is C14H28N2O2. The first kappa shape index (κ1) is 15.4. The summed E-state index contributed by atoms with van der Waals surface area (Å²) in [7, 11) is 0. The van der Waals surface area contributed by atoms with Crippen LogP contribution in [0.3, 0.4) is 0 Å². The fourth-order valence-electron chi connectivity index (χ4n) is 2.40. The highest BCUT2D eigenvalue weighted by atomic mass is 16.5. The molecule has 2 N–H and O–H groups in total. The molecule has 1 unspecified atom stereocenters. The lowest BCUT2D eigenvalue weighted by Gasteiger charge is -2.38. The molecule has 106 valence electrons. The first-order chi connectivity index (χ1) is 8.49. The van der Waals surface area contributed by atoms with E-state index in [9.17, 15) is 4.79 Å². The Hall–Kier alpha value is -0.610. The lowest BCUT2D eigenvalue weighted by Crippen LogP contribution is -2.48. The van der Waals surface area contributed by atoms with Crippen molar-refractivity contribution >= 4 is 5.91 Å². The second-order valence-electron chi connectivity index (χ2n) is 5.83. The Bertz CT molecular complexity index is 263. The molecule has 0 aliphatic carbocycles. The fraction of sp³-hybridized carbons (Fsp3) is 0.929. The van der Waals surface area contributed by atoms with Crippen molar-refractivity contribution < 1.29 is 9.53 Å². The summed E-state index contributed by atoms with van der Waals surface area (Å²) >= 11 is 0. The van der Waals surface area contributed by atoms with E-state index in [1.807, 2.05) is 0 Å². The molecule has 1 aliphatic rings. The number of hydrogen-bond acceptors (Lipinski definition) is 3. The van der Waals surface area contributed by atoms with E-state index in [0.29, 0.717) is 0 Å². The first-order valence-electron chi connectivity index (χ1n) is 7.11. The van der Waals surface area contributed by atoms with Gasteiger partial charge in [0, 0.05) is 18.0 Å². The van der Waals surface area contributed by atoms with Gasteiger partial charge in [-0.3, -0.25) is 4.79 Å². The molecule has 1 atom stereocenters. The molecule has 0 aromatic rings. The van der Waals surface area contributed by atoms with E-state index in [2.05, 4.69) is 38.3 Å². The van der Waals surface area contributed by atoms with Gasteiger partial charge in [-0.1, -0.05) is 27.7 Å². The fourth-order valence-corrected chi connectivity index (χ4v) is 2.40. The van der Waals surface area contributed by atoms with E-state index in [0.717, 1.165) is 32.4 Å². The zero-order valence-electron chi connectivity index (χ0n) is 12.2. The summed E-state index contributed by atoms with van der Waals surface area (Å²) in [5.74, 6) is 0.0121.